The zero-order valence-electron chi connectivity index (χ0n) is 17.6. The van der Waals surface area contributed by atoms with Crippen LogP contribution in [0.1, 0.15) is 24.5 Å². The number of phenolic OH excluding ortho intramolecular Hbond substituents is 1. The lowest BCUT2D eigenvalue weighted by Crippen LogP contribution is -2.21. The first kappa shape index (κ1) is 22.1. The Morgan fingerprint density at radius 1 is 1.30 bits per heavy atom. The number of benzene rings is 1. The number of phenols is 1. The second kappa shape index (κ2) is 9.94. The summed E-state index contributed by atoms with van der Waals surface area (Å²) in [7, 11) is 3.48. The van der Waals surface area contributed by atoms with Gasteiger partial charge in [0.25, 0.3) is 0 Å². The molecule has 0 radical (unpaired) electrons. The Bertz CT molecular complexity index is 987. The molecule has 9 nitrogen and oxygen atoms in total. The molecule has 3 rings (SSSR count). The van der Waals surface area contributed by atoms with Gasteiger partial charge >= 0.3 is 0 Å². The molecule has 30 heavy (non-hydrogen) atoms. The van der Waals surface area contributed by atoms with Crippen LogP contribution >= 0.6 is 15.9 Å². The van der Waals surface area contributed by atoms with Gasteiger partial charge < -0.3 is 19.5 Å². The summed E-state index contributed by atoms with van der Waals surface area (Å²) in [6.45, 7) is 6.55. The lowest BCUT2D eigenvalue weighted by Gasteiger charge is -2.20. The number of nitrogens with one attached hydrogen (secondary N) is 1. The van der Waals surface area contributed by atoms with Gasteiger partial charge in [-0.15, -0.1) is 10.2 Å². The first-order valence-electron chi connectivity index (χ1n) is 9.75. The van der Waals surface area contributed by atoms with Crippen molar-refractivity contribution < 1.29 is 14.6 Å². The van der Waals surface area contributed by atoms with Crippen LogP contribution in [0.5, 0.6) is 11.5 Å². The molecule has 0 saturated heterocycles. The predicted molar refractivity (Wildman–Crippen MR) is 118 cm³/mol. The van der Waals surface area contributed by atoms with E-state index in [9.17, 15) is 5.11 Å². The molecule has 2 aromatic heterocycles. The van der Waals surface area contributed by atoms with Crippen molar-refractivity contribution in [3.63, 3.8) is 0 Å². The summed E-state index contributed by atoms with van der Waals surface area (Å²) >= 11 is 3.47. The molecule has 0 spiro atoms. The highest BCUT2D eigenvalue weighted by Crippen LogP contribution is 2.29. The Balaban J connectivity index is 1.88. The molecule has 3 aromatic rings. The molecule has 0 atom stereocenters. The van der Waals surface area contributed by atoms with E-state index in [1.54, 1.807) is 12.1 Å². The number of aromatic nitrogens is 5. The molecule has 162 valence electrons. The maximum absolute atomic E-state index is 10.1. The molecule has 10 heteroatoms. The largest absolute Gasteiger partial charge is 0.504 e. The highest BCUT2D eigenvalue weighted by molar-refractivity contribution is 9.10. The van der Waals surface area contributed by atoms with E-state index in [2.05, 4.69) is 40.9 Å². The van der Waals surface area contributed by atoms with Gasteiger partial charge in [0, 0.05) is 38.9 Å². The van der Waals surface area contributed by atoms with Crippen LogP contribution in [0.15, 0.2) is 22.8 Å². The van der Waals surface area contributed by atoms with Crippen molar-refractivity contribution in [2.45, 2.75) is 33.4 Å². The molecular weight excluding hydrogens is 452 g/mol. The van der Waals surface area contributed by atoms with Gasteiger partial charge in [0.15, 0.2) is 17.3 Å². The monoisotopic (exact) mass is 478 g/mol. The Morgan fingerprint density at radius 3 is 2.73 bits per heavy atom. The van der Waals surface area contributed by atoms with Gasteiger partial charge in [-0.05, 0) is 53.9 Å². The van der Waals surface area contributed by atoms with Gasteiger partial charge in [0.1, 0.15) is 10.3 Å². The summed E-state index contributed by atoms with van der Waals surface area (Å²) in [6.07, 6.45) is 0.827. The maximum Gasteiger partial charge on any atom is 0.227 e. The lowest BCUT2D eigenvalue weighted by molar-refractivity contribution is 0.142. The Morgan fingerprint density at radius 2 is 2.10 bits per heavy atom. The first-order valence-corrected chi connectivity index (χ1v) is 10.5. The van der Waals surface area contributed by atoms with Gasteiger partial charge in [-0.1, -0.05) is 6.07 Å². The van der Waals surface area contributed by atoms with Gasteiger partial charge in [-0.3, -0.25) is 9.67 Å². The zero-order chi connectivity index (χ0) is 21.7. The Kier molecular flexibility index (Phi) is 7.33. The topological polar surface area (TPSA) is 101 Å². The number of anilines is 1. The summed E-state index contributed by atoms with van der Waals surface area (Å²) < 4.78 is 13.5. The molecule has 0 aliphatic carbocycles. The van der Waals surface area contributed by atoms with E-state index in [1.165, 1.54) is 7.11 Å². The van der Waals surface area contributed by atoms with E-state index in [1.807, 2.05) is 31.9 Å². The minimum absolute atomic E-state index is 0.110. The smallest absolute Gasteiger partial charge is 0.227 e. The highest BCUT2D eigenvalue weighted by atomic mass is 79.9. The minimum Gasteiger partial charge on any atom is -0.504 e. The second-order valence-corrected chi connectivity index (χ2v) is 7.69. The van der Waals surface area contributed by atoms with Crippen LogP contribution in [-0.4, -0.2) is 57.4 Å². The van der Waals surface area contributed by atoms with Gasteiger partial charge in [0.2, 0.25) is 5.95 Å². The van der Waals surface area contributed by atoms with E-state index < -0.39 is 0 Å². The van der Waals surface area contributed by atoms with E-state index in [4.69, 9.17) is 9.47 Å². The molecule has 0 saturated carbocycles. The number of ether oxygens (including phenoxy) is 2. The minimum atomic E-state index is 0.110. The van der Waals surface area contributed by atoms with E-state index in [-0.39, 0.29) is 5.75 Å². The fourth-order valence-electron chi connectivity index (χ4n) is 3.20. The second-order valence-electron chi connectivity index (χ2n) is 6.90. The van der Waals surface area contributed by atoms with Crippen LogP contribution in [0.3, 0.4) is 0 Å². The summed E-state index contributed by atoms with van der Waals surface area (Å²) in [6, 6.07) is 5.36. The van der Waals surface area contributed by atoms with E-state index in [0.29, 0.717) is 37.9 Å². The van der Waals surface area contributed by atoms with Gasteiger partial charge in [-0.25, -0.2) is 0 Å². The third-order valence-electron chi connectivity index (χ3n) is 4.77. The van der Waals surface area contributed by atoms with Gasteiger partial charge in [0.05, 0.1) is 7.11 Å². The molecule has 2 heterocycles. The van der Waals surface area contributed by atoms with Crippen LogP contribution in [0, 0.1) is 6.92 Å². The SMILES string of the molecule is CCOCCCn1c(-c2n[nH]c(Br)c2C)nnc1N(C)Cc1ccc(OC)c(O)c1. The van der Waals surface area contributed by atoms with E-state index >= 15 is 0 Å². The molecular formula is C20H27BrN6O3. The molecule has 1 aromatic carbocycles. The molecule has 0 amide bonds. The number of halogens is 1. The molecule has 0 fully saturated rings. The van der Waals surface area contributed by atoms with Gasteiger partial charge in [-0.2, -0.15) is 5.10 Å². The van der Waals surface area contributed by atoms with Crippen molar-refractivity contribution >= 4 is 21.9 Å². The summed E-state index contributed by atoms with van der Waals surface area (Å²) in [4.78, 5) is 2.00. The lowest BCUT2D eigenvalue weighted by atomic mass is 10.2. The van der Waals surface area contributed by atoms with Crippen LogP contribution in [0.4, 0.5) is 5.95 Å². The van der Waals surface area contributed by atoms with Crippen LogP contribution in [0.25, 0.3) is 11.5 Å². The zero-order valence-corrected chi connectivity index (χ0v) is 19.2. The molecule has 2 N–H and O–H groups in total. The molecule has 0 aliphatic heterocycles. The van der Waals surface area contributed by atoms with Crippen molar-refractivity contribution in [3.8, 4) is 23.0 Å². The molecule has 0 aliphatic rings. The summed E-state index contributed by atoms with van der Waals surface area (Å²) in [5.41, 5.74) is 2.66. The Labute approximate surface area is 184 Å². The quantitative estimate of drug-likeness (QED) is 0.429. The third kappa shape index (κ3) is 4.76. The summed E-state index contributed by atoms with van der Waals surface area (Å²) in [5.74, 6) is 1.97. The van der Waals surface area contributed by atoms with Crippen LogP contribution < -0.4 is 9.64 Å². The molecule has 0 unspecified atom stereocenters. The number of nitrogens with zero attached hydrogens (tertiary/aromatic N) is 5. The number of hydrogen-bond acceptors (Lipinski definition) is 7. The number of H-pyrrole nitrogens is 1. The number of rotatable bonds is 10. The van der Waals surface area contributed by atoms with Crippen LogP contribution in [0.2, 0.25) is 0 Å². The van der Waals surface area contributed by atoms with Crippen molar-refractivity contribution in [2.75, 3.05) is 32.3 Å². The van der Waals surface area contributed by atoms with Crippen molar-refractivity contribution in [3.05, 3.63) is 33.9 Å². The fraction of sp³-hybridized carbons (Fsp3) is 0.450. The molecule has 0 bridgehead atoms. The Hall–Kier alpha value is -2.59. The van der Waals surface area contributed by atoms with Crippen molar-refractivity contribution in [1.29, 1.82) is 0 Å². The van der Waals surface area contributed by atoms with E-state index in [0.717, 1.165) is 33.8 Å². The number of methoxy groups -OCH3 is 1. The average Bonchev–Trinajstić information content (AvgIpc) is 3.29. The van der Waals surface area contributed by atoms with Crippen LogP contribution in [-0.2, 0) is 17.8 Å². The van der Waals surface area contributed by atoms with Crippen molar-refractivity contribution in [2.24, 2.45) is 0 Å². The highest BCUT2D eigenvalue weighted by Gasteiger charge is 2.21. The maximum atomic E-state index is 10.1. The average molecular weight is 479 g/mol. The first-order chi connectivity index (χ1) is 14.5. The van der Waals surface area contributed by atoms with Crippen molar-refractivity contribution in [1.82, 2.24) is 25.0 Å². The standard InChI is InChI=1S/C20H27BrN6O3/c1-5-30-10-6-9-27-19(17-13(2)18(21)23-22-17)24-25-20(27)26(3)12-14-7-8-16(29-4)15(28)11-14/h7-8,11,28H,5-6,9-10,12H2,1-4H3,(H,22,23). The third-order valence-corrected chi connectivity index (χ3v) is 5.54. The number of hydrogen-bond donors (Lipinski definition) is 2. The summed E-state index contributed by atoms with van der Waals surface area (Å²) in [5, 5.41) is 26.3. The number of aromatic hydroxyl groups is 1. The fourth-order valence-corrected chi connectivity index (χ4v) is 3.48. The number of aromatic amines is 1. The normalized spacial score (nSPS) is 11.1. The predicted octanol–water partition coefficient (Wildman–Crippen LogP) is 3.52.